The second-order valence-electron chi connectivity index (χ2n) is 11.9. The van der Waals surface area contributed by atoms with Gasteiger partial charge in [-0.1, -0.05) is 69.2 Å². The van der Waals surface area contributed by atoms with Crippen LogP contribution in [0.5, 0.6) is 0 Å². The van der Waals surface area contributed by atoms with Crippen LogP contribution < -0.4 is 0 Å². The maximum Gasteiger partial charge on any atom is 0.163 e. The minimum atomic E-state index is -0.299. The van der Waals surface area contributed by atoms with Crippen molar-refractivity contribution in [2.45, 2.75) is 145 Å². The van der Waals surface area contributed by atoms with E-state index in [0.717, 1.165) is 19.3 Å². The van der Waals surface area contributed by atoms with Crippen molar-refractivity contribution in [3.05, 3.63) is 0 Å². The Labute approximate surface area is 210 Å². The summed E-state index contributed by atoms with van der Waals surface area (Å²) < 4.78 is 33.1. The number of hydrogen-bond acceptors (Lipinski definition) is 5. The number of ether oxygens (including phenoxy) is 5. The van der Waals surface area contributed by atoms with Gasteiger partial charge in [-0.05, 0) is 49.9 Å². The molecule has 3 aliphatic heterocycles. The van der Waals surface area contributed by atoms with Crippen LogP contribution in [-0.2, 0) is 23.7 Å². The van der Waals surface area contributed by atoms with Crippen LogP contribution in [0.25, 0.3) is 0 Å². The highest BCUT2D eigenvalue weighted by atomic mass is 16.7. The lowest BCUT2D eigenvalue weighted by Gasteiger charge is -2.51. The molecule has 0 aromatic carbocycles. The molecule has 3 fully saturated rings. The van der Waals surface area contributed by atoms with Crippen molar-refractivity contribution in [3.63, 3.8) is 0 Å². The van der Waals surface area contributed by atoms with E-state index < -0.39 is 0 Å². The predicted octanol–water partition coefficient (Wildman–Crippen LogP) is 6.68. The SMILES string of the molecule is CCC1O[C@@H](O[C@@H]2C(C)[C@H](OC3[C@H](C)OC(CC)[C@H](C)[C@@H]3C)OC(CC)[C@@H]2C)C(C)[C@@H](C)[C@H]1C. The zero-order valence-electron chi connectivity index (χ0n) is 23.8. The third-order valence-electron chi connectivity index (χ3n) is 9.92. The van der Waals surface area contributed by atoms with E-state index in [1.807, 2.05) is 0 Å². The highest BCUT2D eigenvalue weighted by Gasteiger charge is 2.49. The second-order valence-corrected chi connectivity index (χ2v) is 11.9. The van der Waals surface area contributed by atoms with Crippen LogP contribution in [0.15, 0.2) is 0 Å². The van der Waals surface area contributed by atoms with E-state index in [4.69, 9.17) is 23.7 Å². The van der Waals surface area contributed by atoms with Crippen LogP contribution in [0.2, 0.25) is 0 Å². The molecular weight excluding hydrogens is 428 g/mol. The quantitative estimate of drug-likeness (QED) is 0.405. The van der Waals surface area contributed by atoms with Crippen molar-refractivity contribution in [3.8, 4) is 0 Å². The molecule has 15 atom stereocenters. The Hall–Kier alpha value is -0.200. The van der Waals surface area contributed by atoms with E-state index in [0.29, 0.717) is 35.7 Å². The summed E-state index contributed by atoms with van der Waals surface area (Å²) in [5.74, 6) is 2.75. The molecule has 3 heterocycles. The third kappa shape index (κ3) is 5.54. The molecule has 0 saturated carbocycles. The molecule has 0 amide bonds. The van der Waals surface area contributed by atoms with Gasteiger partial charge < -0.3 is 23.7 Å². The Morgan fingerprint density at radius 3 is 1.44 bits per heavy atom. The van der Waals surface area contributed by atoms with E-state index in [1.165, 1.54) is 0 Å². The molecule has 200 valence electrons. The summed E-state index contributed by atoms with van der Waals surface area (Å²) in [7, 11) is 0. The molecule has 0 aliphatic carbocycles. The van der Waals surface area contributed by atoms with Gasteiger partial charge >= 0.3 is 0 Å². The van der Waals surface area contributed by atoms with Gasteiger partial charge in [0, 0.05) is 17.8 Å². The first-order valence-electron chi connectivity index (χ1n) is 14.3. The highest BCUT2D eigenvalue weighted by molar-refractivity contribution is 4.91. The molecule has 3 rings (SSSR count). The van der Waals surface area contributed by atoms with Gasteiger partial charge in [-0.25, -0.2) is 0 Å². The fraction of sp³-hybridized carbons (Fsp3) is 1.00. The summed E-state index contributed by atoms with van der Waals surface area (Å²) in [6.07, 6.45) is 3.31. The summed E-state index contributed by atoms with van der Waals surface area (Å²) in [6, 6.07) is 0. The maximum absolute atomic E-state index is 6.87. The molecule has 6 unspecified atom stereocenters. The third-order valence-corrected chi connectivity index (χ3v) is 9.92. The van der Waals surface area contributed by atoms with Crippen molar-refractivity contribution in [2.24, 2.45) is 41.4 Å². The van der Waals surface area contributed by atoms with Gasteiger partial charge in [0.05, 0.1) is 36.6 Å². The molecule has 0 bridgehead atoms. The molecule has 0 aromatic heterocycles. The van der Waals surface area contributed by atoms with Gasteiger partial charge in [-0.3, -0.25) is 0 Å². The van der Waals surface area contributed by atoms with Crippen molar-refractivity contribution >= 4 is 0 Å². The first-order chi connectivity index (χ1) is 16.0. The number of hydrogen-bond donors (Lipinski definition) is 0. The van der Waals surface area contributed by atoms with Gasteiger partial charge in [-0.2, -0.15) is 0 Å². The minimum absolute atomic E-state index is 0.0204. The molecule has 0 spiro atoms. The zero-order chi connectivity index (χ0) is 25.3. The minimum Gasteiger partial charge on any atom is -0.372 e. The van der Waals surface area contributed by atoms with Crippen molar-refractivity contribution in [1.82, 2.24) is 0 Å². The Morgan fingerprint density at radius 2 is 0.882 bits per heavy atom. The maximum atomic E-state index is 6.87. The average molecular weight is 483 g/mol. The largest absolute Gasteiger partial charge is 0.372 e. The smallest absolute Gasteiger partial charge is 0.163 e. The summed E-state index contributed by atoms with van der Waals surface area (Å²) in [6.45, 7) is 24.8. The molecule has 0 radical (unpaired) electrons. The summed E-state index contributed by atoms with van der Waals surface area (Å²) in [4.78, 5) is 0. The van der Waals surface area contributed by atoms with Gasteiger partial charge in [0.1, 0.15) is 0 Å². The van der Waals surface area contributed by atoms with Crippen molar-refractivity contribution < 1.29 is 23.7 Å². The van der Waals surface area contributed by atoms with Crippen LogP contribution in [-0.4, -0.2) is 49.2 Å². The van der Waals surface area contributed by atoms with E-state index in [-0.39, 0.29) is 54.9 Å². The fourth-order valence-electron chi connectivity index (χ4n) is 6.80. The van der Waals surface area contributed by atoms with Crippen LogP contribution >= 0.6 is 0 Å². The lowest BCUT2D eigenvalue weighted by Crippen LogP contribution is -2.57. The van der Waals surface area contributed by atoms with Crippen LogP contribution in [0.4, 0.5) is 0 Å². The lowest BCUT2D eigenvalue weighted by molar-refractivity contribution is -0.338. The van der Waals surface area contributed by atoms with Crippen molar-refractivity contribution in [2.75, 3.05) is 0 Å². The van der Waals surface area contributed by atoms with Crippen molar-refractivity contribution in [1.29, 1.82) is 0 Å². The van der Waals surface area contributed by atoms with E-state index in [2.05, 4.69) is 76.2 Å². The van der Waals surface area contributed by atoms with Gasteiger partial charge in [0.2, 0.25) is 0 Å². The molecule has 3 aliphatic rings. The molecule has 5 nitrogen and oxygen atoms in total. The Balaban J connectivity index is 1.76. The normalized spacial score (nSPS) is 52.5. The Kier molecular flexibility index (Phi) is 9.93. The standard InChI is InChI=1S/C29H54O5/c1-12-23-17(6)18(7)27(22(11)30-23)34-29-21(10)26(20(9)25(14-3)32-29)33-28-19(8)15(4)16(5)24(13-2)31-28/h15-29H,12-14H2,1-11H3/t15-,16+,17+,18-,19?,20-,21?,22-,23?,24?,25?,26-,27?,28-,29-/m0/s1. The van der Waals surface area contributed by atoms with E-state index in [1.54, 1.807) is 0 Å². The summed E-state index contributed by atoms with van der Waals surface area (Å²) >= 11 is 0. The summed E-state index contributed by atoms with van der Waals surface area (Å²) in [5, 5.41) is 0. The molecule has 0 aromatic rings. The van der Waals surface area contributed by atoms with E-state index >= 15 is 0 Å². The fourth-order valence-corrected chi connectivity index (χ4v) is 6.80. The van der Waals surface area contributed by atoms with Crippen LogP contribution in [0.3, 0.4) is 0 Å². The average Bonchev–Trinajstić information content (AvgIpc) is 2.82. The second kappa shape index (κ2) is 11.9. The van der Waals surface area contributed by atoms with E-state index in [9.17, 15) is 0 Å². The van der Waals surface area contributed by atoms with Gasteiger partial charge in [-0.15, -0.1) is 0 Å². The zero-order valence-corrected chi connectivity index (χ0v) is 23.8. The molecule has 34 heavy (non-hydrogen) atoms. The van der Waals surface area contributed by atoms with Crippen LogP contribution in [0, 0.1) is 41.4 Å². The predicted molar refractivity (Wildman–Crippen MR) is 136 cm³/mol. The first kappa shape index (κ1) is 28.4. The topological polar surface area (TPSA) is 46.2 Å². The van der Waals surface area contributed by atoms with Crippen LogP contribution in [0.1, 0.15) is 95.4 Å². The molecule has 3 saturated heterocycles. The molecule has 0 N–H and O–H groups in total. The molecular formula is C29H54O5. The first-order valence-corrected chi connectivity index (χ1v) is 14.3. The Morgan fingerprint density at radius 1 is 0.441 bits per heavy atom. The number of rotatable bonds is 7. The molecule has 5 heteroatoms. The monoisotopic (exact) mass is 482 g/mol. The Bertz CT molecular complexity index is 626. The van der Waals surface area contributed by atoms with Gasteiger partial charge in [0.15, 0.2) is 12.6 Å². The van der Waals surface area contributed by atoms with Gasteiger partial charge in [0.25, 0.3) is 0 Å². The summed E-state index contributed by atoms with van der Waals surface area (Å²) in [5.41, 5.74) is 0. The highest BCUT2D eigenvalue weighted by Crippen LogP contribution is 2.42. The lowest BCUT2D eigenvalue weighted by atomic mass is 9.78.